The van der Waals surface area contributed by atoms with Gasteiger partial charge in [0.15, 0.2) is 0 Å². The number of fused-ring (bicyclic) bond motifs is 2. The average Bonchev–Trinajstić information content (AvgIpc) is 2.48. The molecule has 2 rings (SSSR count). The Morgan fingerprint density at radius 2 is 0.731 bits per heavy atom. The van der Waals surface area contributed by atoms with Crippen LogP contribution in [-0.2, 0) is 0 Å². The first-order valence-electron chi connectivity index (χ1n) is 6.06. The molecular formula is C10H5F13O3. The molecular weight excluding hydrogens is 415 g/mol. The molecule has 26 heavy (non-hydrogen) atoms. The summed E-state index contributed by atoms with van der Waals surface area (Å²) in [6.07, 6.45) is 0. The van der Waals surface area contributed by atoms with Gasteiger partial charge in [-0.15, -0.1) is 0 Å². The van der Waals surface area contributed by atoms with Gasteiger partial charge in [0.1, 0.15) is 6.67 Å². The Kier molecular flexibility index (Phi) is 3.55. The van der Waals surface area contributed by atoms with Crippen molar-refractivity contribution < 1.29 is 72.4 Å². The van der Waals surface area contributed by atoms with Gasteiger partial charge in [-0.25, -0.2) is 8.78 Å². The maximum atomic E-state index is 14.0. The van der Waals surface area contributed by atoms with E-state index in [1.807, 2.05) is 0 Å². The van der Waals surface area contributed by atoms with Gasteiger partial charge in [-0.2, -0.15) is 48.3 Å². The van der Waals surface area contributed by atoms with Gasteiger partial charge in [-0.1, -0.05) is 0 Å². The summed E-state index contributed by atoms with van der Waals surface area (Å²) in [4.78, 5) is 0. The van der Waals surface area contributed by atoms with E-state index in [-0.39, 0.29) is 0 Å². The molecule has 0 saturated heterocycles. The Morgan fingerprint density at radius 3 is 0.962 bits per heavy atom. The van der Waals surface area contributed by atoms with Crippen LogP contribution in [0.1, 0.15) is 0 Å². The Labute approximate surface area is 133 Å². The standard InChI is InChI=1S/C10H5F13O3/c11-1-2(12)5(13,14)3(24)7(17,18)4(25,6(2,15)16)9(21,22)10(23,26)8(3,19)20/h24-26H,1H2. The Hall–Kier alpha value is -1.03. The van der Waals surface area contributed by atoms with E-state index in [1.165, 1.54) is 0 Å². The average molecular weight is 420 g/mol. The van der Waals surface area contributed by atoms with E-state index in [0.717, 1.165) is 0 Å². The van der Waals surface area contributed by atoms with Crippen LogP contribution in [0.3, 0.4) is 0 Å². The van der Waals surface area contributed by atoms with Crippen molar-refractivity contribution in [3.05, 3.63) is 0 Å². The van der Waals surface area contributed by atoms with E-state index >= 15 is 0 Å². The first-order valence-corrected chi connectivity index (χ1v) is 6.06. The lowest BCUT2D eigenvalue weighted by Crippen LogP contribution is -3.01. The molecule has 0 aromatic heterocycles. The summed E-state index contributed by atoms with van der Waals surface area (Å²) in [6.45, 7) is -3.95. The van der Waals surface area contributed by atoms with Gasteiger partial charge in [0.2, 0.25) is 0 Å². The number of hydrogen-bond acceptors (Lipinski definition) is 3. The van der Waals surface area contributed by atoms with Gasteiger partial charge in [0.05, 0.1) is 0 Å². The van der Waals surface area contributed by atoms with Gasteiger partial charge in [-0.05, 0) is 0 Å². The van der Waals surface area contributed by atoms with Crippen molar-refractivity contribution in [1.82, 2.24) is 0 Å². The molecule has 0 heterocycles. The van der Waals surface area contributed by atoms with E-state index in [2.05, 4.69) is 0 Å². The lowest BCUT2D eigenvalue weighted by Gasteiger charge is -2.66. The quantitative estimate of drug-likeness (QED) is 0.569. The zero-order valence-corrected chi connectivity index (χ0v) is 11.5. The van der Waals surface area contributed by atoms with E-state index in [0.29, 0.717) is 0 Å². The minimum Gasteiger partial charge on any atom is -0.373 e. The fourth-order valence-electron chi connectivity index (χ4n) is 3.06. The fourth-order valence-corrected chi connectivity index (χ4v) is 3.06. The second-order valence-electron chi connectivity index (χ2n) is 5.85. The molecule has 0 amide bonds. The second-order valence-corrected chi connectivity index (χ2v) is 5.85. The molecule has 2 aliphatic rings. The van der Waals surface area contributed by atoms with Crippen LogP contribution in [0, 0.1) is 0 Å². The van der Waals surface area contributed by atoms with Crippen LogP contribution in [0.25, 0.3) is 0 Å². The van der Waals surface area contributed by atoms with Crippen LogP contribution >= 0.6 is 0 Å². The summed E-state index contributed by atoms with van der Waals surface area (Å²) in [5, 5.41) is 26.6. The molecule has 0 radical (unpaired) electrons. The highest BCUT2D eigenvalue weighted by atomic mass is 19.3. The third kappa shape index (κ3) is 1.31. The summed E-state index contributed by atoms with van der Waals surface area (Å²) in [5.74, 6) is -44.5. The molecule has 154 valence electrons. The number of halogens is 13. The van der Waals surface area contributed by atoms with Gasteiger partial charge >= 0.3 is 35.5 Å². The van der Waals surface area contributed by atoms with Gasteiger partial charge in [0, 0.05) is 0 Å². The lowest BCUT2D eigenvalue weighted by molar-refractivity contribution is -0.580. The van der Waals surface area contributed by atoms with Crippen molar-refractivity contribution in [2.45, 2.75) is 52.3 Å². The van der Waals surface area contributed by atoms with Crippen LogP contribution in [0.5, 0.6) is 0 Å². The number of rotatable bonds is 1. The molecule has 0 spiro atoms. The molecule has 2 saturated carbocycles. The highest BCUT2D eigenvalue weighted by Gasteiger charge is 3.12. The first kappa shape index (κ1) is 21.3. The van der Waals surface area contributed by atoms with Crippen molar-refractivity contribution in [3.8, 4) is 0 Å². The highest BCUT2D eigenvalue weighted by molar-refractivity contribution is 5.43. The van der Waals surface area contributed by atoms with Crippen molar-refractivity contribution in [2.75, 3.05) is 6.67 Å². The summed E-state index contributed by atoms with van der Waals surface area (Å²) < 4.78 is 178. The molecule has 2 atom stereocenters. The molecule has 3 N–H and O–H groups in total. The maximum absolute atomic E-state index is 14.0. The van der Waals surface area contributed by atoms with Crippen LogP contribution < -0.4 is 0 Å². The van der Waals surface area contributed by atoms with Gasteiger partial charge < -0.3 is 15.3 Å². The molecule has 2 fully saturated rings. The molecule has 2 unspecified atom stereocenters. The smallest absolute Gasteiger partial charge is 0.352 e. The zero-order valence-electron chi connectivity index (χ0n) is 11.5. The van der Waals surface area contributed by atoms with E-state index in [9.17, 15) is 57.1 Å². The Morgan fingerprint density at radius 1 is 0.462 bits per heavy atom. The van der Waals surface area contributed by atoms with Crippen molar-refractivity contribution >= 4 is 0 Å². The van der Waals surface area contributed by atoms with Crippen molar-refractivity contribution in [2.24, 2.45) is 0 Å². The zero-order chi connectivity index (χ0) is 21.2. The summed E-state index contributed by atoms with van der Waals surface area (Å²) in [5.41, 5.74) is -21.3. The molecule has 0 aromatic rings. The van der Waals surface area contributed by atoms with Crippen LogP contribution in [0.2, 0.25) is 0 Å². The minimum atomic E-state index is -7.49. The number of aliphatic hydroxyl groups is 3. The highest BCUT2D eigenvalue weighted by Crippen LogP contribution is 2.77. The fraction of sp³-hybridized carbons (Fsp3) is 1.00. The largest absolute Gasteiger partial charge is 0.373 e. The SMILES string of the molecule is OC1(F)C(F)(F)C2(O)C(F)(F)C(F)(CF)C(F)(F)C(O)(C1(F)F)C2(F)F. The number of alkyl halides is 13. The Balaban J connectivity index is 3.20. The van der Waals surface area contributed by atoms with E-state index < -0.39 is 59.0 Å². The predicted molar refractivity (Wildman–Crippen MR) is 50.5 cm³/mol. The van der Waals surface area contributed by atoms with Gasteiger partial charge in [0.25, 0.3) is 16.9 Å². The summed E-state index contributed by atoms with van der Waals surface area (Å²) in [6, 6.07) is 0. The predicted octanol–water partition coefficient (Wildman–Crippen LogP) is 1.99. The Bertz CT molecular complexity index is 600. The lowest BCUT2D eigenvalue weighted by atomic mass is 9.50. The first-order chi connectivity index (χ1) is 11.1. The molecule has 16 heteroatoms. The maximum Gasteiger partial charge on any atom is 0.352 e. The van der Waals surface area contributed by atoms with Crippen LogP contribution in [-0.4, -0.2) is 74.3 Å². The molecule has 0 aliphatic heterocycles. The molecule has 2 bridgehead atoms. The molecule has 0 aromatic carbocycles. The summed E-state index contributed by atoms with van der Waals surface area (Å²) in [7, 11) is 0. The van der Waals surface area contributed by atoms with Crippen LogP contribution in [0.15, 0.2) is 0 Å². The monoisotopic (exact) mass is 420 g/mol. The minimum absolute atomic E-state index is 3.95. The third-order valence-electron chi connectivity index (χ3n) is 4.74. The van der Waals surface area contributed by atoms with Crippen molar-refractivity contribution in [1.29, 1.82) is 0 Å². The second kappa shape index (κ2) is 4.34. The van der Waals surface area contributed by atoms with E-state index in [1.54, 1.807) is 0 Å². The third-order valence-corrected chi connectivity index (χ3v) is 4.74. The molecule has 3 nitrogen and oxygen atoms in total. The normalized spacial score (nSPS) is 50.3. The van der Waals surface area contributed by atoms with Crippen molar-refractivity contribution in [3.63, 3.8) is 0 Å². The van der Waals surface area contributed by atoms with Crippen LogP contribution in [0.4, 0.5) is 57.1 Å². The summed E-state index contributed by atoms with van der Waals surface area (Å²) >= 11 is 0. The van der Waals surface area contributed by atoms with E-state index in [4.69, 9.17) is 15.3 Å². The molecule has 2 aliphatic carbocycles. The van der Waals surface area contributed by atoms with Gasteiger partial charge in [-0.3, -0.25) is 0 Å². The topological polar surface area (TPSA) is 60.7 Å². The number of hydrogen-bond donors (Lipinski definition) is 3.